The Labute approximate surface area is 109 Å². The van der Waals surface area contributed by atoms with Crippen molar-refractivity contribution < 1.29 is 13.5 Å². The molecule has 0 spiro atoms. The highest BCUT2D eigenvalue weighted by Gasteiger charge is 2.13. The Kier molecular flexibility index (Phi) is 5.99. The molecule has 1 aromatic rings. The van der Waals surface area contributed by atoms with Crippen LogP contribution in [0.4, 0.5) is 8.78 Å². The van der Waals surface area contributed by atoms with Gasteiger partial charge in [-0.2, -0.15) is 0 Å². The predicted octanol–water partition coefficient (Wildman–Crippen LogP) is 4.21. The summed E-state index contributed by atoms with van der Waals surface area (Å²) >= 11 is 5.44. The molecular weight excluding hydrogens is 381 g/mol. The van der Waals surface area contributed by atoms with Gasteiger partial charge in [-0.25, -0.2) is 8.78 Å². The SMILES string of the molecule is FC(F)COC(CI)c1ccc(Br)cc1. The van der Waals surface area contributed by atoms with Crippen molar-refractivity contribution in [3.63, 3.8) is 0 Å². The van der Waals surface area contributed by atoms with Gasteiger partial charge in [0.05, 0.1) is 6.10 Å². The van der Waals surface area contributed by atoms with E-state index in [2.05, 4.69) is 38.5 Å². The Morgan fingerprint density at radius 1 is 1.27 bits per heavy atom. The minimum atomic E-state index is -2.41. The van der Waals surface area contributed by atoms with Gasteiger partial charge in [0.15, 0.2) is 0 Å². The van der Waals surface area contributed by atoms with Gasteiger partial charge < -0.3 is 4.74 Å². The van der Waals surface area contributed by atoms with Crippen LogP contribution in [0.5, 0.6) is 0 Å². The molecule has 0 amide bonds. The normalized spacial score (nSPS) is 13.1. The number of benzene rings is 1. The molecule has 0 aliphatic rings. The molecular formula is C10H10BrF2IO. The summed E-state index contributed by atoms with van der Waals surface area (Å²) in [5, 5.41) is 0. The Balaban J connectivity index is 2.61. The Bertz CT molecular complexity index is 292. The number of ether oxygens (including phenoxy) is 1. The van der Waals surface area contributed by atoms with Gasteiger partial charge >= 0.3 is 0 Å². The van der Waals surface area contributed by atoms with Crippen molar-refractivity contribution in [3.8, 4) is 0 Å². The third-order valence-corrected chi connectivity index (χ3v) is 3.13. The third-order valence-electron chi connectivity index (χ3n) is 1.81. The summed E-state index contributed by atoms with van der Waals surface area (Å²) in [6.07, 6.45) is -2.67. The van der Waals surface area contributed by atoms with E-state index in [0.717, 1.165) is 10.0 Å². The second-order valence-corrected chi connectivity index (χ2v) is 4.72. The maximum absolute atomic E-state index is 12.0. The van der Waals surface area contributed by atoms with Gasteiger partial charge in [-0.1, -0.05) is 50.7 Å². The molecule has 1 unspecified atom stereocenters. The van der Waals surface area contributed by atoms with Gasteiger partial charge in [-0.3, -0.25) is 0 Å². The van der Waals surface area contributed by atoms with Crippen LogP contribution in [0, 0.1) is 0 Å². The maximum Gasteiger partial charge on any atom is 0.261 e. The molecule has 0 heterocycles. The minimum absolute atomic E-state index is 0.257. The first kappa shape index (κ1) is 13.3. The Hall–Kier alpha value is 0.250. The van der Waals surface area contributed by atoms with Crippen LogP contribution < -0.4 is 0 Å². The molecule has 0 aromatic heterocycles. The topological polar surface area (TPSA) is 9.23 Å². The van der Waals surface area contributed by atoms with Crippen LogP contribution in [0.15, 0.2) is 28.7 Å². The molecule has 0 aliphatic carbocycles. The monoisotopic (exact) mass is 390 g/mol. The smallest absolute Gasteiger partial charge is 0.261 e. The Morgan fingerprint density at radius 3 is 2.33 bits per heavy atom. The molecule has 1 atom stereocenters. The standard InChI is InChI=1S/C10H10BrF2IO/c11-8-3-1-7(2-4-8)9(5-14)15-6-10(12)13/h1-4,9-10H,5-6H2. The lowest BCUT2D eigenvalue weighted by Gasteiger charge is -2.15. The maximum atomic E-state index is 12.0. The summed E-state index contributed by atoms with van der Waals surface area (Å²) in [6, 6.07) is 7.50. The number of hydrogen-bond donors (Lipinski definition) is 0. The van der Waals surface area contributed by atoms with Gasteiger partial charge in [-0.15, -0.1) is 0 Å². The molecule has 0 fully saturated rings. The van der Waals surface area contributed by atoms with Crippen molar-refractivity contribution in [2.45, 2.75) is 12.5 Å². The number of alkyl halides is 3. The number of halogens is 4. The fourth-order valence-electron chi connectivity index (χ4n) is 1.10. The molecule has 1 rings (SSSR count). The molecule has 0 saturated heterocycles. The van der Waals surface area contributed by atoms with Crippen LogP contribution in [0.1, 0.15) is 11.7 Å². The van der Waals surface area contributed by atoms with E-state index < -0.39 is 13.0 Å². The van der Waals surface area contributed by atoms with Crippen molar-refractivity contribution >= 4 is 38.5 Å². The first-order valence-electron chi connectivity index (χ1n) is 4.34. The van der Waals surface area contributed by atoms with Crippen LogP contribution in [-0.2, 0) is 4.74 Å². The van der Waals surface area contributed by atoms with E-state index in [1.54, 1.807) is 0 Å². The summed E-state index contributed by atoms with van der Waals surface area (Å²) in [6.45, 7) is -0.510. The van der Waals surface area contributed by atoms with Crippen LogP contribution in [0.25, 0.3) is 0 Å². The van der Waals surface area contributed by atoms with Crippen molar-refractivity contribution in [1.82, 2.24) is 0 Å². The minimum Gasteiger partial charge on any atom is -0.367 e. The fourth-order valence-corrected chi connectivity index (χ4v) is 2.12. The zero-order chi connectivity index (χ0) is 11.3. The predicted molar refractivity (Wildman–Crippen MR) is 67.7 cm³/mol. The van der Waals surface area contributed by atoms with E-state index in [9.17, 15) is 8.78 Å². The van der Waals surface area contributed by atoms with E-state index in [1.807, 2.05) is 24.3 Å². The molecule has 0 aliphatic heterocycles. The second-order valence-electron chi connectivity index (χ2n) is 2.92. The van der Waals surface area contributed by atoms with Gasteiger partial charge in [0.25, 0.3) is 6.43 Å². The summed E-state index contributed by atoms with van der Waals surface area (Å²) in [4.78, 5) is 0. The third kappa shape index (κ3) is 4.74. The largest absolute Gasteiger partial charge is 0.367 e. The molecule has 0 bridgehead atoms. The zero-order valence-corrected chi connectivity index (χ0v) is 11.5. The average Bonchev–Trinajstić information content (AvgIpc) is 2.21. The van der Waals surface area contributed by atoms with Crippen LogP contribution >= 0.6 is 38.5 Å². The molecule has 1 aromatic carbocycles. The van der Waals surface area contributed by atoms with Crippen molar-refractivity contribution in [1.29, 1.82) is 0 Å². The number of hydrogen-bond acceptors (Lipinski definition) is 1. The van der Waals surface area contributed by atoms with Crippen molar-refractivity contribution in [3.05, 3.63) is 34.3 Å². The molecule has 1 nitrogen and oxygen atoms in total. The van der Waals surface area contributed by atoms with Crippen molar-refractivity contribution in [2.75, 3.05) is 11.0 Å². The highest BCUT2D eigenvalue weighted by Crippen LogP contribution is 2.22. The van der Waals surface area contributed by atoms with Crippen molar-refractivity contribution in [2.24, 2.45) is 0 Å². The van der Waals surface area contributed by atoms with Gasteiger partial charge in [0.1, 0.15) is 6.61 Å². The van der Waals surface area contributed by atoms with Crippen LogP contribution in [0.3, 0.4) is 0 Å². The first-order chi connectivity index (χ1) is 7.13. The highest BCUT2D eigenvalue weighted by molar-refractivity contribution is 14.1. The number of rotatable bonds is 5. The average molecular weight is 391 g/mol. The quantitative estimate of drug-likeness (QED) is 0.540. The molecule has 15 heavy (non-hydrogen) atoms. The van der Waals surface area contributed by atoms with E-state index in [-0.39, 0.29) is 6.10 Å². The van der Waals surface area contributed by atoms with Crippen LogP contribution in [0.2, 0.25) is 0 Å². The first-order valence-corrected chi connectivity index (χ1v) is 6.66. The lowest BCUT2D eigenvalue weighted by Crippen LogP contribution is -2.11. The van der Waals surface area contributed by atoms with E-state index in [4.69, 9.17) is 4.74 Å². The summed E-state index contributed by atoms with van der Waals surface area (Å²) in [5.41, 5.74) is 0.924. The lowest BCUT2D eigenvalue weighted by atomic mass is 10.1. The molecule has 0 N–H and O–H groups in total. The van der Waals surface area contributed by atoms with E-state index in [1.165, 1.54) is 0 Å². The Morgan fingerprint density at radius 2 is 1.87 bits per heavy atom. The van der Waals surface area contributed by atoms with Gasteiger partial charge in [0, 0.05) is 8.90 Å². The summed E-state index contributed by atoms with van der Waals surface area (Å²) in [5.74, 6) is 0. The fraction of sp³-hybridized carbons (Fsp3) is 0.400. The summed E-state index contributed by atoms with van der Waals surface area (Å²) < 4.78 is 30.7. The second kappa shape index (κ2) is 6.75. The summed E-state index contributed by atoms with van der Waals surface area (Å²) in [7, 11) is 0. The van der Waals surface area contributed by atoms with Crippen LogP contribution in [-0.4, -0.2) is 17.5 Å². The zero-order valence-electron chi connectivity index (χ0n) is 7.80. The molecule has 0 radical (unpaired) electrons. The molecule has 84 valence electrons. The lowest BCUT2D eigenvalue weighted by molar-refractivity contribution is -0.0153. The van der Waals surface area contributed by atoms with Gasteiger partial charge in [-0.05, 0) is 17.7 Å². The van der Waals surface area contributed by atoms with E-state index >= 15 is 0 Å². The van der Waals surface area contributed by atoms with Gasteiger partial charge in [0.2, 0.25) is 0 Å². The molecule has 5 heteroatoms. The molecule has 0 saturated carbocycles. The van der Waals surface area contributed by atoms with E-state index in [0.29, 0.717) is 4.43 Å². The highest BCUT2D eigenvalue weighted by atomic mass is 127.